The number of nitrogens with one attached hydrogen (secondary N) is 1. The Balaban J connectivity index is 2.03. The van der Waals surface area contributed by atoms with Crippen LogP contribution in [-0.4, -0.2) is 33.8 Å². The van der Waals surface area contributed by atoms with Gasteiger partial charge in [-0.2, -0.15) is 0 Å². The van der Waals surface area contributed by atoms with E-state index in [-0.39, 0.29) is 11.8 Å². The maximum absolute atomic E-state index is 13.1. The molecular weight excluding hydrogens is 332 g/mol. The second kappa shape index (κ2) is 7.81. The van der Waals surface area contributed by atoms with Crippen LogP contribution in [0.25, 0.3) is 0 Å². The molecule has 2 aliphatic rings. The number of dihydropyridines is 1. The monoisotopic (exact) mass is 354 g/mol. The smallest absolute Gasteiger partial charge is 0.182 e. The number of nitrogens with zero attached hydrogens (tertiary/aromatic N) is 1. The summed E-state index contributed by atoms with van der Waals surface area (Å²) in [4.78, 5) is 4.81. The van der Waals surface area contributed by atoms with Crippen molar-refractivity contribution in [3.8, 4) is 11.8 Å². The van der Waals surface area contributed by atoms with Crippen molar-refractivity contribution in [2.75, 3.05) is 13.1 Å². The average molecular weight is 354 g/mol. The van der Waals surface area contributed by atoms with Gasteiger partial charge in [-0.1, -0.05) is 41.8 Å². The van der Waals surface area contributed by atoms with Gasteiger partial charge in [0.05, 0.1) is 10.7 Å². The molecule has 1 aromatic carbocycles. The van der Waals surface area contributed by atoms with E-state index < -0.39 is 9.84 Å². The van der Waals surface area contributed by atoms with Crippen LogP contribution < -0.4 is 5.32 Å². The summed E-state index contributed by atoms with van der Waals surface area (Å²) in [6.45, 7) is 3.48. The van der Waals surface area contributed by atoms with Crippen molar-refractivity contribution < 1.29 is 8.42 Å². The molecule has 1 unspecified atom stereocenters. The van der Waals surface area contributed by atoms with Gasteiger partial charge in [-0.3, -0.25) is 4.99 Å². The molecule has 0 amide bonds. The van der Waals surface area contributed by atoms with E-state index in [1.54, 1.807) is 19.2 Å². The van der Waals surface area contributed by atoms with Crippen molar-refractivity contribution >= 4 is 16.1 Å². The van der Waals surface area contributed by atoms with Gasteiger partial charge < -0.3 is 5.32 Å². The van der Waals surface area contributed by atoms with Crippen LogP contribution in [0.5, 0.6) is 0 Å². The molecule has 130 valence electrons. The molecule has 1 saturated heterocycles. The molecule has 2 aliphatic heterocycles. The van der Waals surface area contributed by atoms with E-state index in [9.17, 15) is 8.42 Å². The summed E-state index contributed by atoms with van der Waals surface area (Å²) in [5, 5.41) is 3.32. The van der Waals surface area contributed by atoms with E-state index in [0.29, 0.717) is 4.91 Å². The highest BCUT2D eigenvalue weighted by atomic mass is 32.2. The summed E-state index contributed by atoms with van der Waals surface area (Å²) in [5.74, 6) is 5.95. The molecule has 1 N–H and O–H groups in total. The lowest BCUT2D eigenvalue weighted by Crippen LogP contribution is -2.28. The van der Waals surface area contributed by atoms with Gasteiger partial charge in [0.15, 0.2) is 9.84 Å². The van der Waals surface area contributed by atoms with Crippen LogP contribution in [-0.2, 0) is 15.6 Å². The third-order valence-electron chi connectivity index (χ3n) is 4.40. The van der Waals surface area contributed by atoms with Crippen LogP contribution in [0.3, 0.4) is 0 Å². The van der Waals surface area contributed by atoms with Crippen LogP contribution in [0.4, 0.5) is 0 Å². The van der Waals surface area contributed by atoms with Crippen molar-refractivity contribution in [3.05, 3.63) is 58.0 Å². The second-order valence-electron chi connectivity index (χ2n) is 6.14. The minimum Gasteiger partial charge on any atom is -0.316 e. The lowest BCUT2D eigenvalue weighted by molar-refractivity contribution is 0.594. The Morgan fingerprint density at radius 3 is 2.60 bits per heavy atom. The predicted molar refractivity (Wildman–Crippen MR) is 102 cm³/mol. The van der Waals surface area contributed by atoms with Gasteiger partial charge in [-0.05, 0) is 44.5 Å². The maximum atomic E-state index is 13.1. The molecule has 0 saturated carbocycles. The van der Waals surface area contributed by atoms with Gasteiger partial charge in [-0.15, -0.1) is 5.92 Å². The van der Waals surface area contributed by atoms with Crippen LogP contribution in [0.15, 0.2) is 57.5 Å². The predicted octanol–water partition coefficient (Wildman–Crippen LogP) is 2.64. The fourth-order valence-electron chi connectivity index (χ4n) is 3.25. The zero-order chi connectivity index (χ0) is 17.7. The van der Waals surface area contributed by atoms with Gasteiger partial charge in [0.2, 0.25) is 0 Å². The summed E-state index contributed by atoms with van der Waals surface area (Å²) >= 11 is 0. The Labute approximate surface area is 149 Å². The fraction of sp³-hybridized carbons (Fsp3) is 0.350. The number of piperidine rings is 1. The summed E-state index contributed by atoms with van der Waals surface area (Å²) in [6, 6.07) is 8.91. The lowest BCUT2D eigenvalue weighted by atomic mass is 9.92. The molecular formula is C20H22N2O2S. The van der Waals surface area contributed by atoms with E-state index in [1.807, 2.05) is 30.3 Å². The van der Waals surface area contributed by atoms with E-state index in [1.165, 1.54) is 0 Å². The van der Waals surface area contributed by atoms with Crippen molar-refractivity contribution in [2.24, 2.45) is 4.99 Å². The van der Waals surface area contributed by atoms with Gasteiger partial charge in [0.25, 0.3) is 0 Å². The van der Waals surface area contributed by atoms with Crippen molar-refractivity contribution in [1.82, 2.24) is 5.32 Å². The SMILES string of the molecule is CC#CC1N=CC=C(S(=O)(=O)Cc2ccccc2)C1=C1CCNCC1. The molecule has 1 fully saturated rings. The first-order chi connectivity index (χ1) is 12.1. The van der Waals surface area contributed by atoms with Crippen molar-refractivity contribution in [2.45, 2.75) is 31.6 Å². The Hall–Kier alpha value is -2.16. The average Bonchev–Trinajstić information content (AvgIpc) is 2.63. The molecule has 1 atom stereocenters. The number of hydrogen-bond donors (Lipinski definition) is 1. The number of allylic oxidation sites excluding steroid dienone is 1. The topological polar surface area (TPSA) is 58.5 Å². The molecule has 0 aromatic heterocycles. The number of aliphatic imine (C=N–C) groups is 1. The van der Waals surface area contributed by atoms with Gasteiger partial charge in [0, 0.05) is 11.8 Å². The maximum Gasteiger partial charge on any atom is 0.182 e. The van der Waals surface area contributed by atoms with Crippen LogP contribution in [0, 0.1) is 11.8 Å². The Morgan fingerprint density at radius 1 is 1.20 bits per heavy atom. The van der Waals surface area contributed by atoms with E-state index in [0.717, 1.165) is 42.6 Å². The van der Waals surface area contributed by atoms with Gasteiger partial charge in [0.1, 0.15) is 6.04 Å². The highest BCUT2D eigenvalue weighted by molar-refractivity contribution is 7.94. The van der Waals surface area contributed by atoms with E-state index in [2.05, 4.69) is 22.2 Å². The highest BCUT2D eigenvalue weighted by Crippen LogP contribution is 2.33. The van der Waals surface area contributed by atoms with Crippen LogP contribution >= 0.6 is 0 Å². The molecule has 1 aromatic rings. The fourth-order valence-corrected chi connectivity index (χ4v) is 4.90. The van der Waals surface area contributed by atoms with Crippen molar-refractivity contribution in [3.63, 3.8) is 0 Å². The third kappa shape index (κ3) is 4.09. The summed E-state index contributed by atoms with van der Waals surface area (Å²) in [6.07, 6.45) is 4.89. The quantitative estimate of drug-likeness (QED) is 0.849. The van der Waals surface area contributed by atoms with Gasteiger partial charge in [-0.25, -0.2) is 8.42 Å². The number of sulfone groups is 1. The molecule has 5 heteroatoms. The standard InChI is InChI=1S/C20H22N2O2S/c1-2-6-18-20(17-9-12-21-13-10-17)19(11-14-22-18)25(23,24)15-16-7-4-3-5-8-16/h3-5,7-8,11,14,18,21H,9-10,12-13,15H2,1H3. The number of rotatable bonds is 3. The van der Waals surface area contributed by atoms with Crippen LogP contribution in [0.1, 0.15) is 25.3 Å². The number of hydrogen-bond acceptors (Lipinski definition) is 4. The summed E-state index contributed by atoms with van der Waals surface area (Å²) < 4.78 is 26.3. The molecule has 0 spiro atoms. The molecule has 0 radical (unpaired) electrons. The minimum atomic E-state index is -3.46. The second-order valence-corrected chi connectivity index (χ2v) is 8.10. The molecule has 0 bridgehead atoms. The zero-order valence-electron chi connectivity index (χ0n) is 14.3. The highest BCUT2D eigenvalue weighted by Gasteiger charge is 2.30. The van der Waals surface area contributed by atoms with Crippen molar-refractivity contribution in [1.29, 1.82) is 0 Å². The Kier molecular flexibility index (Phi) is 5.52. The molecule has 2 heterocycles. The third-order valence-corrected chi connectivity index (χ3v) is 6.14. The molecule has 25 heavy (non-hydrogen) atoms. The normalized spacial score (nSPS) is 20.7. The first kappa shape index (κ1) is 17.7. The van der Waals surface area contributed by atoms with Gasteiger partial charge >= 0.3 is 0 Å². The van der Waals surface area contributed by atoms with E-state index in [4.69, 9.17) is 0 Å². The first-order valence-electron chi connectivity index (χ1n) is 8.47. The first-order valence-corrected chi connectivity index (χ1v) is 10.1. The summed E-state index contributed by atoms with van der Waals surface area (Å²) in [5.41, 5.74) is 2.75. The molecule has 0 aliphatic carbocycles. The Morgan fingerprint density at radius 2 is 1.92 bits per heavy atom. The van der Waals surface area contributed by atoms with E-state index >= 15 is 0 Å². The largest absolute Gasteiger partial charge is 0.316 e. The molecule has 4 nitrogen and oxygen atoms in total. The minimum absolute atomic E-state index is 0.00514. The Bertz CT molecular complexity index is 877. The number of benzene rings is 1. The summed E-state index contributed by atoms with van der Waals surface area (Å²) in [7, 11) is -3.46. The van der Waals surface area contributed by atoms with Crippen LogP contribution in [0.2, 0.25) is 0 Å². The zero-order valence-corrected chi connectivity index (χ0v) is 15.1. The lowest BCUT2D eigenvalue weighted by Gasteiger charge is -2.25. The molecule has 3 rings (SSSR count).